The molecule has 0 spiro atoms. The topological polar surface area (TPSA) is 37.3 Å². The van der Waals surface area contributed by atoms with Crippen molar-refractivity contribution in [2.24, 2.45) is 11.3 Å². The highest BCUT2D eigenvalue weighted by Crippen LogP contribution is 2.56. The second-order valence-electron chi connectivity index (χ2n) is 4.41. The van der Waals surface area contributed by atoms with Gasteiger partial charge >= 0.3 is 5.97 Å². The molecule has 12 heavy (non-hydrogen) atoms. The maximum atomic E-state index is 10.7. The predicted octanol–water partition coefficient (Wildman–Crippen LogP) is 2.43. The van der Waals surface area contributed by atoms with Gasteiger partial charge in [0.1, 0.15) is 0 Å². The first-order valence-electron chi connectivity index (χ1n) is 4.95. The third-order valence-corrected chi connectivity index (χ3v) is 3.82. The highest BCUT2D eigenvalue weighted by atomic mass is 16.4. The van der Waals surface area contributed by atoms with Gasteiger partial charge in [0, 0.05) is 0 Å². The largest absolute Gasteiger partial charge is 0.481 e. The molecular formula is C10H16O2. The van der Waals surface area contributed by atoms with E-state index in [4.69, 9.17) is 5.11 Å². The Hall–Kier alpha value is -0.530. The summed E-state index contributed by atoms with van der Waals surface area (Å²) in [6, 6.07) is 0. The molecule has 2 nitrogen and oxygen atoms in total. The molecule has 68 valence electrons. The van der Waals surface area contributed by atoms with Crippen LogP contribution in [0.15, 0.2) is 0 Å². The highest BCUT2D eigenvalue weighted by molar-refractivity contribution is 5.68. The van der Waals surface area contributed by atoms with Crippen LogP contribution in [0, 0.1) is 11.3 Å². The van der Waals surface area contributed by atoms with Crippen molar-refractivity contribution in [3.05, 3.63) is 0 Å². The van der Waals surface area contributed by atoms with E-state index in [1.54, 1.807) is 0 Å². The van der Waals surface area contributed by atoms with Gasteiger partial charge in [-0.2, -0.15) is 0 Å². The fourth-order valence-corrected chi connectivity index (χ4v) is 3.31. The Labute approximate surface area is 73.0 Å². The zero-order valence-electron chi connectivity index (χ0n) is 7.38. The standard InChI is InChI=1S/C10H16O2/c11-9(12)7-10-5-1-3-8(10)4-2-6-10/h8H,1-7H2,(H,11,12). The summed E-state index contributed by atoms with van der Waals surface area (Å²) in [7, 11) is 0. The molecule has 0 aliphatic heterocycles. The quantitative estimate of drug-likeness (QED) is 0.687. The van der Waals surface area contributed by atoms with Gasteiger partial charge in [0.15, 0.2) is 0 Å². The lowest BCUT2D eigenvalue weighted by molar-refractivity contribution is -0.140. The van der Waals surface area contributed by atoms with Crippen LogP contribution in [-0.4, -0.2) is 11.1 Å². The maximum absolute atomic E-state index is 10.7. The molecule has 0 heterocycles. The van der Waals surface area contributed by atoms with Gasteiger partial charge in [0.05, 0.1) is 6.42 Å². The normalized spacial score (nSPS) is 39.8. The van der Waals surface area contributed by atoms with Crippen LogP contribution in [0.1, 0.15) is 44.9 Å². The molecule has 2 heteroatoms. The van der Waals surface area contributed by atoms with E-state index in [1.165, 1.54) is 38.5 Å². The number of hydrogen-bond donors (Lipinski definition) is 1. The monoisotopic (exact) mass is 168 g/mol. The Balaban J connectivity index is 2.11. The molecule has 0 unspecified atom stereocenters. The van der Waals surface area contributed by atoms with E-state index in [1.807, 2.05) is 0 Å². The molecule has 2 saturated carbocycles. The Morgan fingerprint density at radius 2 is 1.92 bits per heavy atom. The van der Waals surface area contributed by atoms with Crippen molar-refractivity contribution in [3.63, 3.8) is 0 Å². The van der Waals surface area contributed by atoms with Crippen molar-refractivity contribution in [2.45, 2.75) is 44.9 Å². The molecule has 0 amide bonds. The van der Waals surface area contributed by atoms with Crippen molar-refractivity contribution < 1.29 is 9.90 Å². The predicted molar refractivity (Wildman–Crippen MR) is 45.9 cm³/mol. The highest BCUT2D eigenvalue weighted by Gasteiger charge is 2.46. The van der Waals surface area contributed by atoms with E-state index in [0.29, 0.717) is 6.42 Å². The number of rotatable bonds is 2. The second kappa shape index (κ2) is 2.75. The first-order valence-corrected chi connectivity index (χ1v) is 4.95. The summed E-state index contributed by atoms with van der Waals surface area (Å²) >= 11 is 0. The van der Waals surface area contributed by atoms with Gasteiger partial charge in [0.2, 0.25) is 0 Å². The minimum absolute atomic E-state index is 0.228. The zero-order chi connectivity index (χ0) is 8.60. The smallest absolute Gasteiger partial charge is 0.303 e. The summed E-state index contributed by atoms with van der Waals surface area (Å²) in [5.74, 6) is 0.150. The van der Waals surface area contributed by atoms with Crippen molar-refractivity contribution >= 4 is 5.97 Å². The Morgan fingerprint density at radius 3 is 2.42 bits per heavy atom. The minimum atomic E-state index is -0.594. The van der Waals surface area contributed by atoms with Gasteiger partial charge in [-0.1, -0.05) is 12.8 Å². The SMILES string of the molecule is O=C(O)CC12CCCC1CCC2. The number of carboxylic acids is 1. The third kappa shape index (κ3) is 1.13. The van der Waals surface area contributed by atoms with Crippen molar-refractivity contribution in [2.75, 3.05) is 0 Å². The molecule has 0 saturated heterocycles. The molecule has 2 aliphatic carbocycles. The number of aliphatic carboxylic acids is 1. The molecule has 2 rings (SSSR count). The van der Waals surface area contributed by atoms with Crippen LogP contribution < -0.4 is 0 Å². The van der Waals surface area contributed by atoms with E-state index in [-0.39, 0.29) is 5.41 Å². The number of carbonyl (C=O) groups is 1. The lowest BCUT2D eigenvalue weighted by atomic mass is 9.77. The van der Waals surface area contributed by atoms with Crippen LogP contribution in [0.4, 0.5) is 0 Å². The van der Waals surface area contributed by atoms with E-state index >= 15 is 0 Å². The summed E-state index contributed by atoms with van der Waals surface area (Å²) in [5, 5.41) is 8.82. The van der Waals surface area contributed by atoms with Crippen LogP contribution in [0.25, 0.3) is 0 Å². The maximum Gasteiger partial charge on any atom is 0.303 e. The Kier molecular flexibility index (Phi) is 1.85. The van der Waals surface area contributed by atoms with Gasteiger partial charge in [-0.3, -0.25) is 4.79 Å². The lowest BCUT2D eigenvalue weighted by Gasteiger charge is -2.26. The molecule has 0 aromatic rings. The van der Waals surface area contributed by atoms with Crippen LogP contribution >= 0.6 is 0 Å². The first kappa shape index (κ1) is 8.09. The van der Waals surface area contributed by atoms with Crippen molar-refractivity contribution in [1.82, 2.24) is 0 Å². The molecule has 0 bridgehead atoms. The molecule has 0 atom stereocenters. The van der Waals surface area contributed by atoms with E-state index < -0.39 is 5.97 Å². The number of carboxylic acid groups (broad SMARTS) is 1. The summed E-state index contributed by atoms with van der Waals surface area (Å²) in [5.41, 5.74) is 0.228. The third-order valence-electron chi connectivity index (χ3n) is 3.82. The summed E-state index contributed by atoms with van der Waals surface area (Å²) in [4.78, 5) is 10.7. The molecule has 1 N–H and O–H groups in total. The van der Waals surface area contributed by atoms with Crippen LogP contribution in [0.3, 0.4) is 0 Å². The molecule has 2 aliphatic rings. The zero-order valence-corrected chi connectivity index (χ0v) is 7.38. The molecular weight excluding hydrogens is 152 g/mol. The molecule has 0 aromatic carbocycles. The van der Waals surface area contributed by atoms with Crippen molar-refractivity contribution in [3.8, 4) is 0 Å². The fourth-order valence-electron chi connectivity index (χ4n) is 3.31. The first-order chi connectivity index (χ1) is 5.73. The average Bonchev–Trinajstić information content (AvgIpc) is 2.42. The van der Waals surface area contributed by atoms with Crippen LogP contribution in [-0.2, 0) is 4.79 Å². The van der Waals surface area contributed by atoms with Gasteiger partial charge in [-0.25, -0.2) is 0 Å². The summed E-state index contributed by atoms with van der Waals surface area (Å²) in [6.45, 7) is 0. The van der Waals surface area contributed by atoms with Gasteiger partial charge < -0.3 is 5.11 Å². The molecule has 0 aromatic heterocycles. The number of fused-ring (bicyclic) bond motifs is 1. The van der Waals surface area contributed by atoms with Crippen LogP contribution in [0.5, 0.6) is 0 Å². The minimum Gasteiger partial charge on any atom is -0.481 e. The number of hydrogen-bond acceptors (Lipinski definition) is 1. The van der Waals surface area contributed by atoms with E-state index in [2.05, 4.69) is 0 Å². The lowest BCUT2D eigenvalue weighted by Crippen LogP contribution is -2.23. The Bertz CT molecular complexity index is 188. The van der Waals surface area contributed by atoms with Crippen molar-refractivity contribution in [1.29, 1.82) is 0 Å². The van der Waals surface area contributed by atoms with Gasteiger partial charge in [-0.05, 0) is 37.0 Å². The van der Waals surface area contributed by atoms with Gasteiger partial charge in [-0.15, -0.1) is 0 Å². The molecule has 0 radical (unpaired) electrons. The Morgan fingerprint density at radius 1 is 1.33 bits per heavy atom. The van der Waals surface area contributed by atoms with E-state index in [0.717, 1.165) is 5.92 Å². The van der Waals surface area contributed by atoms with Gasteiger partial charge in [0.25, 0.3) is 0 Å². The van der Waals surface area contributed by atoms with Crippen LogP contribution in [0.2, 0.25) is 0 Å². The molecule has 2 fully saturated rings. The summed E-state index contributed by atoms with van der Waals surface area (Å²) < 4.78 is 0. The summed E-state index contributed by atoms with van der Waals surface area (Å²) in [6.07, 6.45) is 7.86. The average molecular weight is 168 g/mol. The second-order valence-corrected chi connectivity index (χ2v) is 4.41. The fraction of sp³-hybridized carbons (Fsp3) is 0.900. The van der Waals surface area contributed by atoms with E-state index in [9.17, 15) is 4.79 Å².